The maximum absolute atomic E-state index is 11.7. The first-order valence-electron chi connectivity index (χ1n) is 4.41. The van der Waals surface area contributed by atoms with Gasteiger partial charge in [-0.05, 0) is 25.1 Å². The van der Waals surface area contributed by atoms with Gasteiger partial charge in [-0.15, -0.1) is 0 Å². The topological polar surface area (TPSA) is 43.4 Å². The summed E-state index contributed by atoms with van der Waals surface area (Å²) in [5.74, 6) is 0.454. The third kappa shape index (κ3) is 2.65. The monoisotopic (exact) mass is 270 g/mol. The SMILES string of the molecule is COc1ccc(C(=O)C(C)Br)c(C=O)c1. The summed E-state index contributed by atoms with van der Waals surface area (Å²) in [6.07, 6.45) is 0.658. The first-order valence-corrected chi connectivity index (χ1v) is 5.33. The van der Waals surface area contributed by atoms with Crippen molar-refractivity contribution in [2.45, 2.75) is 11.8 Å². The highest BCUT2D eigenvalue weighted by atomic mass is 79.9. The molecule has 0 fully saturated rings. The summed E-state index contributed by atoms with van der Waals surface area (Å²) in [6, 6.07) is 4.81. The van der Waals surface area contributed by atoms with Gasteiger partial charge in [0.2, 0.25) is 0 Å². The van der Waals surface area contributed by atoms with Crippen molar-refractivity contribution in [2.24, 2.45) is 0 Å². The van der Waals surface area contributed by atoms with Crippen LogP contribution in [0, 0.1) is 0 Å². The number of halogens is 1. The molecule has 1 aromatic carbocycles. The van der Waals surface area contributed by atoms with E-state index in [-0.39, 0.29) is 10.6 Å². The van der Waals surface area contributed by atoms with Crippen molar-refractivity contribution in [1.82, 2.24) is 0 Å². The molecule has 0 amide bonds. The molecule has 0 aromatic heterocycles. The van der Waals surface area contributed by atoms with Crippen LogP contribution in [-0.2, 0) is 0 Å². The molecule has 0 spiro atoms. The van der Waals surface area contributed by atoms with Crippen LogP contribution >= 0.6 is 15.9 Å². The molecular formula is C11H11BrO3. The molecule has 0 saturated carbocycles. The molecule has 3 nitrogen and oxygen atoms in total. The minimum atomic E-state index is -0.301. The van der Waals surface area contributed by atoms with Gasteiger partial charge in [-0.2, -0.15) is 0 Å². The van der Waals surface area contributed by atoms with Crippen LogP contribution in [0.3, 0.4) is 0 Å². The third-order valence-electron chi connectivity index (χ3n) is 2.01. The number of benzene rings is 1. The highest BCUT2D eigenvalue weighted by Crippen LogP contribution is 2.19. The highest BCUT2D eigenvalue weighted by molar-refractivity contribution is 9.10. The predicted octanol–water partition coefficient (Wildman–Crippen LogP) is 2.47. The minimum Gasteiger partial charge on any atom is -0.497 e. The van der Waals surface area contributed by atoms with Crippen LogP contribution in [0.4, 0.5) is 0 Å². The molecular weight excluding hydrogens is 260 g/mol. The summed E-state index contributed by atoms with van der Waals surface area (Å²) >= 11 is 3.18. The number of ketones is 1. The Labute approximate surface area is 96.6 Å². The molecule has 4 heteroatoms. The Morgan fingerprint density at radius 1 is 1.53 bits per heavy atom. The van der Waals surface area contributed by atoms with Crippen LogP contribution in [0.1, 0.15) is 27.6 Å². The molecule has 1 atom stereocenters. The Morgan fingerprint density at radius 3 is 2.67 bits per heavy atom. The van der Waals surface area contributed by atoms with Crippen molar-refractivity contribution >= 4 is 28.0 Å². The van der Waals surface area contributed by atoms with E-state index in [0.29, 0.717) is 23.2 Å². The molecule has 15 heavy (non-hydrogen) atoms. The van der Waals surface area contributed by atoms with Gasteiger partial charge in [0.1, 0.15) is 5.75 Å². The summed E-state index contributed by atoms with van der Waals surface area (Å²) in [7, 11) is 1.51. The molecule has 1 rings (SSSR count). The lowest BCUT2D eigenvalue weighted by Gasteiger charge is -2.07. The zero-order valence-corrected chi connectivity index (χ0v) is 10.1. The predicted molar refractivity (Wildman–Crippen MR) is 61.1 cm³/mol. The van der Waals surface area contributed by atoms with Crippen LogP contribution in [0.2, 0.25) is 0 Å². The van der Waals surface area contributed by atoms with Gasteiger partial charge in [0.25, 0.3) is 0 Å². The van der Waals surface area contributed by atoms with Crippen molar-refractivity contribution in [2.75, 3.05) is 7.11 Å². The minimum absolute atomic E-state index is 0.111. The molecule has 0 aliphatic rings. The zero-order chi connectivity index (χ0) is 11.4. The summed E-state index contributed by atoms with van der Waals surface area (Å²) in [4.78, 5) is 22.2. The number of aldehydes is 1. The van der Waals surface area contributed by atoms with E-state index in [0.717, 1.165) is 0 Å². The lowest BCUT2D eigenvalue weighted by molar-refractivity contribution is 0.0989. The Bertz CT molecular complexity index is 385. The summed E-state index contributed by atoms with van der Waals surface area (Å²) < 4.78 is 4.97. The highest BCUT2D eigenvalue weighted by Gasteiger charge is 2.16. The fraction of sp³-hybridized carbons (Fsp3) is 0.273. The van der Waals surface area contributed by atoms with Gasteiger partial charge in [0.05, 0.1) is 11.9 Å². The maximum Gasteiger partial charge on any atom is 0.176 e. The van der Waals surface area contributed by atoms with E-state index < -0.39 is 0 Å². The fourth-order valence-electron chi connectivity index (χ4n) is 1.20. The number of alkyl halides is 1. The molecule has 0 N–H and O–H groups in total. The van der Waals surface area contributed by atoms with Crippen molar-refractivity contribution in [3.63, 3.8) is 0 Å². The van der Waals surface area contributed by atoms with E-state index in [1.165, 1.54) is 7.11 Å². The lowest BCUT2D eigenvalue weighted by atomic mass is 10.0. The molecule has 1 aromatic rings. The van der Waals surface area contributed by atoms with Crippen molar-refractivity contribution in [1.29, 1.82) is 0 Å². The number of hydrogen-bond donors (Lipinski definition) is 0. The van der Waals surface area contributed by atoms with Gasteiger partial charge in [-0.3, -0.25) is 9.59 Å². The van der Waals surface area contributed by atoms with Crippen molar-refractivity contribution < 1.29 is 14.3 Å². The number of rotatable bonds is 4. The molecule has 80 valence electrons. The number of carbonyl (C=O) groups excluding carboxylic acids is 2. The average molecular weight is 271 g/mol. The number of Topliss-reactive ketones (excluding diaryl/α,β-unsaturated/α-hetero) is 1. The van der Waals surface area contributed by atoms with E-state index in [2.05, 4.69) is 15.9 Å². The van der Waals surface area contributed by atoms with Gasteiger partial charge in [0, 0.05) is 11.1 Å². The van der Waals surface area contributed by atoms with Crippen molar-refractivity contribution in [3.05, 3.63) is 29.3 Å². The van der Waals surface area contributed by atoms with Gasteiger partial charge < -0.3 is 4.74 Å². The molecule has 0 heterocycles. The molecule has 0 aliphatic carbocycles. The van der Waals surface area contributed by atoms with Gasteiger partial charge in [-0.25, -0.2) is 0 Å². The summed E-state index contributed by atoms with van der Waals surface area (Å²) in [5, 5.41) is 0. The molecule has 0 saturated heterocycles. The zero-order valence-electron chi connectivity index (χ0n) is 8.49. The number of hydrogen-bond acceptors (Lipinski definition) is 3. The van der Waals surface area contributed by atoms with E-state index in [1.54, 1.807) is 25.1 Å². The molecule has 0 aliphatic heterocycles. The molecule has 1 unspecified atom stereocenters. The quantitative estimate of drug-likeness (QED) is 0.480. The van der Waals surface area contributed by atoms with E-state index in [4.69, 9.17) is 4.74 Å². The molecule has 0 bridgehead atoms. The van der Waals surface area contributed by atoms with Crippen LogP contribution in [-0.4, -0.2) is 24.0 Å². The second-order valence-electron chi connectivity index (χ2n) is 3.05. The fourth-order valence-corrected chi connectivity index (χ4v) is 1.45. The van der Waals surface area contributed by atoms with Crippen molar-refractivity contribution in [3.8, 4) is 5.75 Å². The largest absolute Gasteiger partial charge is 0.497 e. The first-order chi connectivity index (χ1) is 7.10. The summed E-state index contributed by atoms with van der Waals surface area (Å²) in [5.41, 5.74) is 0.765. The van der Waals surface area contributed by atoms with Crippen LogP contribution in [0.15, 0.2) is 18.2 Å². The van der Waals surface area contributed by atoms with Crippen LogP contribution in [0.5, 0.6) is 5.75 Å². The Kier molecular flexibility index (Phi) is 4.03. The normalized spacial score (nSPS) is 11.9. The van der Waals surface area contributed by atoms with Gasteiger partial charge in [-0.1, -0.05) is 15.9 Å². The lowest BCUT2D eigenvalue weighted by Crippen LogP contribution is -2.12. The van der Waals surface area contributed by atoms with E-state index in [9.17, 15) is 9.59 Å². The average Bonchev–Trinajstić information content (AvgIpc) is 2.27. The van der Waals surface area contributed by atoms with Gasteiger partial charge in [0.15, 0.2) is 12.1 Å². The number of ether oxygens (including phenoxy) is 1. The van der Waals surface area contributed by atoms with Gasteiger partial charge >= 0.3 is 0 Å². The van der Waals surface area contributed by atoms with Crippen LogP contribution in [0.25, 0.3) is 0 Å². The Balaban J connectivity index is 3.19. The van der Waals surface area contributed by atoms with Crippen LogP contribution < -0.4 is 4.74 Å². The smallest absolute Gasteiger partial charge is 0.176 e. The van der Waals surface area contributed by atoms with E-state index in [1.807, 2.05) is 0 Å². The van der Waals surface area contributed by atoms with E-state index >= 15 is 0 Å². The maximum atomic E-state index is 11.7. The number of methoxy groups -OCH3 is 1. The Morgan fingerprint density at radius 2 is 2.20 bits per heavy atom. The third-order valence-corrected chi connectivity index (χ3v) is 2.43. The summed E-state index contributed by atoms with van der Waals surface area (Å²) in [6.45, 7) is 1.72. The standard InChI is InChI=1S/C11H11BrO3/c1-7(12)11(14)10-4-3-9(15-2)5-8(10)6-13/h3-7H,1-2H3. The molecule has 0 radical (unpaired) electrons. The first kappa shape index (κ1) is 11.9. The Hall–Kier alpha value is -1.16. The second kappa shape index (κ2) is 5.07. The number of carbonyl (C=O) groups is 2. The second-order valence-corrected chi connectivity index (χ2v) is 4.42.